The monoisotopic (exact) mass is 298 g/mol. The minimum absolute atomic E-state index is 0.00847. The van der Waals surface area contributed by atoms with Gasteiger partial charge in [-0.25, -0.2) is 13.1 Å². The van der Waals surface area contributed by atoms with Gasteiger partial charge in [0, 0.05) is 25.4 Å². The molecule has 20 heavy (non-hydrogen) atoms. The number of sulfonamides is 1. The van der Waals surface area contributed by atoms with Crippen LogP contribution in [0.4, 0.5) is 5.82 Å². The van der Waals surface area contributed by atoms with Crippen molar-refractivity contribution in [3.63, 3.8) is 0 Å². The Morgan fingerprint density at radius 2 is 2.25 bits per heavy atom. The molecule has 2 aromatic heterocycles. The maximum Gasteiger partial charge on any atom is 0.265 e. The fraction of sp³-hybridized carbons (Fsp3) is 0.200. The van der Waals surface area contributed by atoms with E-state index in [1.807, 2.05) is 0 Å². The largest absolute Gasteiger partial charge is 0.384 e. The number of aromatic nitrogens is 3. The average molecular weight is 298 g/mol. The highest BCUT2D eigenvalue weighted by Crippen LogP contribution is 2.14. The second-order valence-electron chi connectivity index (χ2n) is 4.17. The van der Waals surface area contributed by atoms with Crippen molar-refractivity contribution in [1.29, 1.82) is 0 Å². The third-order valence-electron chi connectivity index (χ3n) is 2.75. The number of nitrogens with two attached hydrogens (primary N) is 2. The van der Waals surface area contributed by atoms with Crippen molar-refractivity contribution in [2.45, 2.75) is 11.4 Å². The van der Waals surface area contributed by atoms with Crippen LogP contribution in [0.15, 0.2) is 23.4 Å². The van der Waals surface area contributed by atoms with Crippen molar-refractivity contribution < 1.29 is 13.2 Å². The molecule has 0 aliphatic rings. The van der Waals surface area contributed by atoms with Crippen molar-refractivity contribution >= 4 is 21.7 Å². The molecule has 1 amide bonds. The van der Waals surface area contributed by atoms with E-state index in [-0.39, 0.29) is 17.1 Å². The molecular weight excluding hydrogens is 284 g/mol. The predicted molar refractivity (Wildman–Crippen MR) is 71.0 cm³/mol. The van der Waals surface area contributed by atoms with Gasteiger partial charge >= 0.3 is 0 Å². The molecule has 10 heteroatoms. The molecule has 0 unspecified atom stereocenters. The molecule has 0 aliphatic heterocycles. The van der Waals surface area contributed by atoms with E-state index in [0.717, 1.165) is 0 Å². The Labute approximate surface area is 115 Å². The minimum Gasteiger partial charge on any atom is -0.384 e. The summed E-state index contributed by atoms with van der Waals surface area (Å²) in [5.41, 5.74) is 11.3. The summed E-state index contributed by atoms with van der Waals surface area (Å²) in [5, 5.41) is 6.19. The number of carbonyl (C=O) groups is 1. The van der Waals surface area contributed by atoms with Gasteiger partial charge in [-0.3, -0.25) is 9.89 Å². The third kappa shape index (κ3) is 2.65. The molecule has 0 saturated heterocycles. The van der Waals surface area contributed by atoms with E-state index in [9.17, 15) is 13.2 Å². The van der Waals surface area contributed by atoms with Crippen LogP contribution in [0.1, 0.15) is 16.1 Å². The fourth-order valence-electron chi connectivity index (χ4n) is 1.64. The normalized spacial score (nSPS) is 11.7. The van der Waals surface area contributed by atoms with E-state index in [0.29, 0.717) is 11.4 Å². The van der Waals surface area contributed by atoms with Gasteiger partial charge in [0.2, 0.25) is 10.0 Å². The number of hydrogen-bond donors (Lipinski definition) is 4. The molecule has 0 aromatic carbocycles. The van der Waals surface area contributed by atoms with E-state index >= 15 is 0 Å². The Bertz CT molecular complexity index is 745. The van der Waals surface area contributed by atoms with Gasteiger partial charge in [0.25, 0.3) is 5.91 Å². The first kappa shape index (κ1) is 14.1. The molecule has 0 fully saturated rings. The zero-order chi connectivity index (χ0) is 14.9. The lowest BCUT2D eigenvalue weighted by molar-refractivity contribution is 0.0992. The molecule has 0 spiro atoms. The molecule has 2 heterocycles. The summed E-state index contributed by atoms with van der Waals surface area (Å²) >= 11 is 0. The van der Waals surface area contributed by atoms with E-state index in [2.05, 4.69) is 14.9 Å². The van der Waals surface area contributed by atoms with Gasteiger partial charge in [0.05, 0.1) is 6.20 Å². The fourth-order valence-corrected chi connectivity index (χ4v) is 2.72. The molecule has 0 radical (unpaired) electrons. The highest BCUT2D eigenvalue weighted by Gasteiger charge is 2.19. The number of primary amides is 1. The molecule has 108 valence electrons. The molecule has 0 bridgehead atoms. The smallest absolute Gasteiger partial charge is 0.265 e. The van der Waals surface area contributed by atoms with E-state index in [1.165, 1.54) is 30.1 Å². The van der Waals surface area contributed by atoms with Gasteiger partial charge in [-0.1, -0.05) is 0 Å². The SMILES string of the molecule is Cn1cc(S(=O)(=O)NCc2cn[nH]c2N)cc1C(N)=O. The summed E-state index contributed by atoms with van der Waals surface area (Å²) in [7, 11) is -2.23. The lowest BCUT2D eigenvalue weighted by Crippen LogP contribution is -2.23. The molecule has 6 N–H and O–H groups in total. The molecular formula is C10H14N6O3S. The average Bonchev–Trinajstić information content (AvgIpc) is 2.93. The van der Waals surface area contributed by atoms with Gasteiger partial charge < -0.3 is 16.0 Å². The Morgan fingerprint density at radius 1 is 1.55 bits per heavy atom. The number of H-pyrrole nitrogens is 1. The number of aryl methyl sites for hydroxylation is 1. The lowest BCUT2D eigenvalue weighted by atomic mass is 10.3. The van der Waals surface area contributed by atoms with Gasteiger partial charge in [-0.05, 0) is 6.07 Å². The van der Waals surface area contributed by atoms with Crippen molar-refractivity contribution in [2.75, 3.05) is 5.73 Å². The van der Waals surface area contributed by atoms with Crippen molar-refractivity contribution in [3.8, 4) is 0 Å². The number of nitrogen functional groups attached to an aromatic ring is 1. The summed E-state index contributed by atoms with van der Waals surface area (Å²) in [5.74, 6) is -0.411. The van der Waals surface area contributed by atoms with Crippen LogP contribution in [0.25, 0.3) is 0 Å². The minimum atomic E-state index is -3.76. The van der Waals surface area contributed by atoms with E-state index < -0.39 is 15.9 Å². The Balaban J connectivity index is 2.20. The first-order valence-corrected chi connectivity index (χ1v) is 7.03. The van der Waals surface area contributed by atoms with Gasteiger partial charge in [0.1, 0.15) is 16.4 Å². The lowest BCUT2D eigenvalue weighted by Gasteiger charge is -2.03. The quantitative estimate of drug-likeness (QED) is 0.553. The summed E-state index contributed by atoms with van der Waals surface area (Å²) in [6.45, 7) is -0.00847. The number of nitrogens with zero attached hydrogens (tertiary/aromatic N) is 2. The molecule has 0 aliphatic carbocycles. The number of carbonyl (C=O) groups excluding carboxylic acids is 1. The zero-order valence-electron chi connectivity index (χ0n) is 10.6. The van der Waals surface area contributed by atoms with E-state index in [1.54, 1.807) is 0 Å². The van der Waals surface area contributed by atoms with Crippen LogP contribution in [0.5, 0.6) is 0 Å². The Morgan fingerprint density at radius 3 is 2.75 bits per heavy atom. The van der Waals surface area contributed by atoms with Crippen LogP contribution in [0.3, 0.4) is 0 Å². The topological polar surface area (TPSA) is 149 Å². The highest BCUT2D eigenvalue weighted by molar-refractivity contribution is 7.89. The van der Waals surface area contributed by atoms with Gasteiger partial charge in [-0.2, -0.15) is 5.10 Å². The second kappa shape index (κ2) is 4.98. The molecule has 9 nitrogen and oxygen atoms in total. The van der Waals surface area contributed by atoms with Crippen LogP contribution < -0.4 is 16.2 Å². The molecule has 2 rings (SSSR count). The first-order valence-electron chi connectivity index (χ1n) is 5.55. The summed E-state index contributed by atoms with van der Waals surface area (Å²) in [4.78, 5) is 11.1. The summed E-state index contributed by atoms with van der Waals surface area (Å²) < 4.78 is 27.9. The predicted octanol–water partition coefficient (Wildman–Crippen LogP) is -1.09. The summed E-state index contributed by atoms with van der Waals surface area (Å²) in [6.07, 6.45) is 2.73. The molecule has 0 atom stereocenters. The van der Waals surface area contributed by atoms with Gasteiger partial charge in [0.15, 0.2) is 0 Å². The standard InChI is InChI=1S/C10H14N6O3S/c1-16-5-7(2-8(16)10(12)17)20(18,19)14-4-6-3-13-15-9(6)11/h2-3,5,14H,4H2,1H3,(H2,12,17)(H3,11,13,15). The van der Waals surface area contributed by atoms with Gasteiger partial charge in [-0.15, -0.1) is 0 Å². The third-order valence-corrected chi connectivity index (χ3v) is 4.11. The number of amides is 1. The zero-order valence-corrected chi connectivity index (χ0v) is 11.4. The maximum atomic E-state index is 12.1. The van der Waals surface area contributed by atoms with E-state index in [4.69, 9.17) is 11.5 Å². The number of aromatic amines is 1. The molecule has 2 aromatic rings. The number of rotatable bonds is 5. The number of nitrogens with one attached hydrogen (secondary N) is 2. The van der Waals surface area contributed by atoms with Crippen molar-refractivity contribution in [1.82, 2.24) is 19.5 Å². The molecule has 0 saturated carbocycles. The highest BCUT2D eigenvalue weighted by atomic mass is 32.2. The van der Waals surface area contributed by atoms with Crippen LogP contribution in [0, 0.1) is 0 Å². The second-order valence-corrected chi connectivity index (χ2v) is 5.94. The summed E-state index contributed by atoms with van der Waals surface area (Å²) in [6, 6.07) is 1.21. The van der Waals surface area contributed by atoms with Crippen molar-refractivity contribution in [3.05, 3.63) is 29.7 Å². The Hall–Kier alpha value is -2.33. The Kier molecular flexibility index (Phi) is 3.51. The first-order chi connectivity index (χ1) is 9.31. The van der Waals surface area contributed by atoms with Crippen molar-refractivity contribution in [2.24, 2.45) is 12.8 Å². The van der Waals surface area contributed by atoms with Crippen LogP contribution in [-0.2, 0) is 23.6 Å². The number of anilines is 1. The maximum absolute atomic E-state index is 12.1. The van der Waals surface area contributed by atoms with Crippen LogP contribution >= 0.6 is 0 Å². The van der Waals surface area contributed by atoms with Crippen LogP contribution in [0.2, 0.25) is 0 Å². The van der Waals surface area contributed by atoms with Crippen LogP contribution in [-0.4, -0.2) is 29.1 Å². The number of hydrogen-bond acceptors (Lipinski definition) is 5.